The number of fused-ring (bicyclic) bond motifs is 1. The van der Waals surface area contributed by atoms with Crippen LogP contribution in [0.25, 0.3) is 11.0 Å². The van der Waals surface area contributed by atoms with Crippen LogP contribution in [0.3, 0.4) is 0 Å². The Bertz CT molecular complexity index is 725. The highest BCUT2D eigenvalue weighted by Gasteiger charge is 2.36. The van der Waals surface area contributed by atoms with Crippen LogP contribution in [-0.4, -0.2) is 17.7 Å². The number of anilines is 1. The topological polar surface area (TPSA) is 61.3 Å². The van der Waals surface area contributed by atoms with Gasteiger partial charge < -0.3 is 15.0 Å². The predicted molar refractivity (Wildman–Crippen MR) is 82.8 cm³/mol. The molecule has 124 valence electrons. The standard InChI is InChI=1S/C17H20F2N2O2/c18-17(19)5-1-2-10(8-17)9-22-14-7-15-13(16(20)21-23-15)6-12(14)11-3-4-11/h6-7,10-11H,1-5,8-9H2,(H2,20,21). The maximum Gasteiger partial charge on any atom is 0.248 e. The molecule has 2 N–H and O–H groups in total. The van der Waals surface area contributed by atoms with E-state index in [1.807, 2.05) is 6.07 Å². The van der Waals surface area contributed by atoms with Crippen LogP contribution in [0, 0.1) is 5.92 Å². The van der Waals surface area contributed by atoms with E-state index in [9.17, 15) is 8.78 Å². The van der Waals surface area contributed by atoms with Crippen LogP contribution in [0.1, 0.15) is 50.0 Å². The predicted octanol–water partition coefficient (Wildman–Crippen LogP) is 4.49. The molecule has 0 spiro atoms. The molecular formula is C17H20F2N2O2. The highest BCUT2D eigenvalue weighted by atomic mass is 19.3. The van der Waals surface area contributed by atoms with Gasteiger partial charge in [-0.25, -0.2) is 8.78 Å². The second kappa shape index (κ2) is 5.35. The minimum absolute atomic E-state index is 0.000124. The first-order valence-corrected chi connectivity index (χ1v) is 8.21. The zero-order chi connectivity index (χ0) is 16.0. The summed E-state index contributed by atoms with van der Waals surface area (Å²) in [4.78, 5) is 0. The van der Waals surface area contributed by atoms with Gasteiger partial charge >= 0.3 is 0 Å². The number of nitrogens with two attached hydrogens (primary N) is 1. The summed E-state index contributed by atoms with van der Waals surface area (Å²) in [5.74, 6) is -1.07. The lowest BCUT2D eigenvalue weighted by molar-refractivity contribution is -0.0585. The summed E-state index contributed by atoms with van der Waals surface area (Å²) in [6.07, 6.45) is 3.52. The van der Waals surface area contributed by atoms with Crippen molar-refractivity contribution in [2.75, 3.05) is 12.3 Å². The van der Waals surface area contributed by atoms with E-state index in [4.69, 9.17) is 15.0 Å². The van der Waals surface area contributed by atoms with Crippen molar-refractivity contribution in [3.8, 4) is 5.75 Å². The highest BCUT2D eigenvalue weighted by molar-refractivity contribution is 5.89. The molecule has 1 heterocycles. The molecule has 1 aromatic carbocycles. The number of nitrogen functional groups attached to an aromatic ring is 1. The van der Waals surface area contributed by atoms with Crippen LogP contribution < -0.4 is 10.5 Å². The number of alkyl halides is 2. The maximum absolute atomic E-state index is 13.5. The number of hydrogen-bond acceptors (Lipinski definition) is 4. The van der Waals surface area contributed by atoms with Crippen LogP contribution >= 0.6 is 0 Å². The summed E-state index contributed by atoms with van der Waals surface area (Å²) < 4.78 is 38.2. The molecule has 2 fully saturated rings. The van der Waals surface area contributed by atoms with Crippen LogP contribution in [0.15, 0.2) is 16.7 Å². The van der Waals surface area contributed by atoms with Gasteiger partial charge in [-0.1, -0.05) is 5.16 Å². The molecule has 23 heavy (non-hydrogen) atoms. The Balaban J connectivity index is 1.55. The zero-order valence-electron chi connectivity index (χ0n) is 12.9. The lowest BCUT2D eigenvalue weighted by Crippen LogP contribution is -2.29. The molecule has 1 atom stereocenters. The molecule has 2 aliphatic rings. The van der Waals surface area contributed by atoms with Gasteiger partial charge in [-0.15, -0.1) is 0 Å². The van der Waals surface area contributed by atoms with Gasteiger partial charge in [0.05, 0.1) is 12.0 Å². The number of rotatable bonds is 4. The van der Waals surface area contributed by atoms with E-state index in [2.05, 4.69) is 5.16 Å². The lowest BCUT2D eigenvalue weighted by atomic mass is 9.87. The Kier molecular flexibility index (Phi) is 3.43. The second-order valence-electron chi connectivity index (χ2n) is 6.86. The Hall–Kier alpha value is -1.85. The van der Waals surface area contributed by atoms with E-state index in [1.165, 1.54) is 0 Å². The van der Waals surface area contributed by atoms with E-state index in [1.54, 1.807) is 6.07 Å². The normalized spacial score (nSPS) is 24.0. The van der Waals surface area contributed by atoms with E-state index in [0.29, 0.717) is 30.3 Å². The monoisotopic (exact) mass is 322 g/mol. The van der Waals surface area contributed by atoms with Crippen molar-refractivity contribution in [2.24, 2.45) is 5.92 Å². The molecular weight excluding hydrogens is 302 g/mol. The average molecular weight is 322 g/mol. The van der Waals surface area contributed by atoms with Crippen molar-refractivity contribution in [2.45, 2.75) is 50.4 Å². The third-order valence-electron chi connectivity index (χ3n) is 4.86. The molecule has 4 nitrogen and oxygen atoms in total. The van der Waals surface area contributed by atoms with Crippen molar-refractivity contribution >= 4 is 16.8 Å². The number of aromatic nitrogens is 1. The minimum atomic E-state index is -2.55. The largest absolute Gasteiger partial charge is 0.493 e. The minimum Gasteiger partial charge on any atom is -0.493 e. The molecule has 2 saturated carbocycles. The van der Waals surface area contributed by atoms with Gasteiger partial charge in [0.15, 0.2) is 11.4 Å². The van der Waals surface area contributed by atoms with Gasteiger partial charge in [0.25, 0.3) is 0 Å². The van der Waals surface area contributed by atoms with Crippen LogP contribution in [0.2, 0.25) is 0 Å². The first-order valence-electron chi connectivity index (χ1n) is 8.21. The van der Waals surface area contributed by atoms with Crippen molar-refractivity contribution < 1.29 is 18.0 Å². The Morgan fingerprint density at radius 3 is 2.87 bits per heavy atom. The maximum atomic E-state index is 13.5. The number of halogens is 2. The summed E-state index contributed by atoms with van der Waals surface area (Å²) in [5.41, 5.74) is 7.48. The first-order chi connectivity index (χ1) is 11.0. The van der Waals surface area contributed by atoms with Gasteiger partial charge in [-0.2, -0.15) is 0 Å². The smallest absolute Gasteiger partial charge is 0.248 e. The van der Waals surface area contributed by atoms with Crippen LogP contribution in [0.4, 0.5) is 14.6 Å². The van der Waals surface area contributed by atoms with Gasteiger partial charge in [0.2, 0.25) is 5.92 Å². The fraction of sp³-hybridized carbons (Fsp3) is 0.588. The van der Waals surface area contributed by atoms with Crippen molar-refractivity contribution in [3.63, 3.8) is 0 Å². The summed E-state index contributed by atoms with van der Waals surface area (Å²) in [7, 11) is 0. The summed E-state index contributed by atoms with van der Waals surface area (Å²) in [6.45, 7) is 0.324. The van der Waals surface area contributed by atoms with Gasteiger partial charge in [0, 0.05) is 18.9 Å². The third-order valence-corrected chi connectivity index (χ3v) is 4.86. The van der Waals surface area contributed by atoms with Crippen LogP contribution in [0.5, 0.6) is 5.75 Å². The molecule has 4 rings (SSSR count). The third kappa shape index (κ3) is 2.99. The molecule has 0 radical (unpaired) electrons. The van der Waals surface area contributed by atoms with Crippen LogP contribution in [-0.2, 0) is 0 Å². The number of hydrogen-bond donors (Lipinski definition) is 1. The molecule has 2 aromatic rings. The second-order valence-corrected chi connectivity index (χ2v) is 6.86. The number of nitrogens with zero attached hydrogens (tertiary/aromatic N) is 1. The molecule has 0 aliphatic heterocycles. The Morgan fingerprint density at radius 1 is 1.30 bits per heavy atom. The molecule has 0 amide bonds. The quantitative estimate of drug-likeness (QED) is 0.901. The molecule has 0 bridgehead atoms. The molecule has 6 heteroatoms. The van der Waals surface area contributed by atoms with E-state index >= 15 is 0 Å². The zero-order valence-corrected chi connectivity index (χ0v) is 12.9. The highest BCUT2D eigenvalue weighted by Crippen LogP contribution is 2.46. The van der Waals surface area contributed by atoms with E-state index < -0.39 is 5.92 Å². The fourth-order valence-corrected chi connectivity index (χ4v) is 3.47. The lowest BCUT2D eigenvalue weighted by Gasteiger charge is -2.29. The van der Waals surface area contributed by atoms with Crippen molar-refractivity contribution in [1.82, 2.24) is 5.16 Å². The SMILES string of the molecule is Nc1noc2cc(OCC3CCCC(F)(F)C3)c(C3CC3)cc12. The molecule has 1 aromatic heterocycles. The molecule has 0 saturated heterocycles. The van der Waals surface area contributed by atoms with Crippen molar-refractivity contribution in [1.29, 1.82) is 0 Å². The average Bonchev–Trinajstić information content (AvgIpc) is 3.28. The Morgan fingerprint density at radius 2 is 2.13 bits per heavy atom. The molecule has 1 unspecified atom stereocenters. The number of benzene rings is 1. The van der Waals surface area contributed by atoms with Gasteiger partial charge in [0.1, 0.15) is 5.75 Å². The summed E-state index contributed by atoms with van der Waals surface area (Å²) in [5, 5.41) is 4.57. The van der Waals surface area contributed by atoms with E-state index in [0.717, 1.165) is 36.0 Å². The Labute approximate surface area is 133 Å². The summed E-state index contributed by atoms with van der Waals surface area (Å²) in [6, 6.07) is 3.77. The van der Waals surface area contributed by atoms with Gasteiger partial charge in [-0.3, -0.25) is 0 Å². The fourth-order valence-electron chi connectivity index (χ4n) is 3.47. The first kappa shape index (κ1) is 14.7. The molecule has 2 aliphatic carbocycles. The number of ether oxygens (including phenoxy) is 1. The van der Waals surface area contributed by atoms with Gasteiger partial charge in [-0.05, 0) is 49.1 Å². The summed E-state index contributed by atoms with van der Waals surface area (Å²) >= 11 is 0. The van der Waals surface area contributed by atoms with Crippen molar-refractivity contribution in [3.05, 3.63) is 17.7 Å². The van der Waals surface area contributed by atoms with E-state index in [-0.39, 0.29) is 18.8 Å².